The zero-order valence-electron chi connectivity index (χ0n) is 10.3. The Bertz CT molecular complexity index is 460. The molecule has 3 atom stereocenters. The molecular weight excluding hydrogens is 359 g/mol. The summed E-state index contributed by atoms with van der Waals surface area (Å²) in [7, 11) is 0. The fraction of sp³-hybridized carbons (Fsp3) is 0.600. The van der Waals surface area contributed by atoms with Crippen molar-refractivity contribution in [3.63, 3.8) is 0 Å². The lowest BCUT2D eigenvalue weighted by atomic mass is 9.71. The van der Waals surface area contributed by atoms with E-state index in [9.17, 15) is 4.39 Å². The second-order valence-electron chi connectivity index (χ2n) is 5.99. The van der Waals surface area contributed by atoms with E-state index in [4.69, 9.17) is 0 Å². The van der Waals surface area contributed by atoms with Gasteiger partial charge in [0.1, 0.15) is 5.82 Å². The third-order valence-corrected chi connectivity index (χ3v) is 6.81. The molecule has 0 radical (unpaired) electrons. The third kappa shape index (κ3) is 2.18. The number of hydrogen-bond donors (Lipinski definition) is 0. The maximum Gasteiger partial charge on any atom is 0.123 e. The summed E-state index contributed by atoms with van der Waals surface area (Å²) >= 11 is 7.29. The first-order valence-electron chi connectivity index (χ1n) is 6.63. The molecule has 0 aliphatic heterocycles. The highest BCUT2D eigenvalue weighted by Gasteiger charge is 2.50. The fourth-order valence-electron chi connectivity index (χ4n) is 4.04. The monoisotopic (exact) mass is 374 g/mol. The van der Waals surface area contributed by atoms with Crippen LogP contribution in [0.3, 0.4) is 0 Å². The van der Waals surface area contributed by atoms with Crippen LogP contribution in [-0.2, 0) is 6.42 Å². The van der Waals surface area contributed by atoms with Crippen LogP contribution in [-0.4, -0.2) is 5.33 Å². The number of alkyl halides is 1. The van der Waals surface area contributed by atoms with Crippen molar-refractivity contribution in [2.75, 3.05) is 5.33 Å². The fourth-order valence-corrected chi connectivity index (χ4v) is 5.32. The van der Waals surface area contributed by atoms with Crippen LogP contribution in [0.4, 0.5) is 4.39 Å². The molecule has 0 heterocycles. The first-order chi connectivity index (χ1) is 8.63. The van der Waals surface area contributed by atoms with Crippen LogP contribution in [0.15, 0.2) is 22.7 Å². The van der Waals surface area contributed by atoms with Gasteiger partial charge in [-0.2, -0.15) is 0 Å². The summed E-state index contributed by atoms with van der Waals surface area (Å²) in [5.41, 5.74) is 1.49. The SMILES string of the molecule is Fc1ccc(Br)c(CC2(CBr)CC3CCC2C3)c1. The summed E-state index contributed by atoms with van der Waals surface area (Å²) in [6, 6.07) is 5.05. The van der Waals surface area contributed by atoms with Gasteiger partial charge in [0.2, 0.25) is 0 Å². The number of benzene rings is 1. The van der Waals surface area contributed by atoms with Crippen molar-refractivity contribution in [3.8, 4) is 0 Å². The maximum atomic E-state index is 13.4. The zero-order valence-corrected chi connectivity index (χ0v) is 13.4. The predicted octanol–water partition coefficient (Wildman–Crippen LogP) is 5.33. The number of halogens is 3. The molecule has 0 amide bonds. The molecule has 1 aromatic carbocycles. The molecule has 3 unspecified atom stereocenters. The Morgan fingerprint density at radius 1 is 1.33 bits per heavy atom. The Kier molecular flexibility index (Phi) is 3.57. The minimum atomic E-state index is -0.124. The van der Waals surface area contributed by atoms with Crippen LogP contribution in [0.25, 0.3) is 0 Å². The molecular formula is C15H17Br2F. The van der Waals surface area contributed by atoms with Crippen LogP contribution in [0, 0.1) is 23.1 Å². The van der Waals surface area contributed by atoms with E-state index in [0.717, 1.165) is 33.6 Å². The van der Waals surface area contributed by atoms with Crippen LogP contribution in [0.1, 0.15) is 31.2 Å². The molecule has 98 valence electrons. The highest BCUT2D eigenvalue weighted by molar-refractivity contribution is 9.10. The Morgan fingerprint density at radius 2 is 2.17 bits per heavy atom. The van der Waals surface area contributed by atoms with Gasteiger partial charge in [0.25, 0.3) is 0 Å². The van der Waals surface area contributed by atoms with Gasteiger partial charge < -0.3 is 0 Å². The maximum absolute atomic E-state index is 13.4. The van der Waals surface area contributed by atoms with Gasteiger partial charge in [0, 0.05) is 9.80 Å². The van der Waals surface area contributed by atoms with E-state index in [1.165, 1.54) is 31.7 Å². The van der Waals surface area contributed by atoms with E-state index in [-0.39, 0.29) is 5.82 Å². The van der Waals surface area contributed by atoms with E-state index in [2.05, 4.69) is 31.9 Å². The van der Waals surface area contributed by atoms with Crippen molar-refractivity contribution in [1.29, 1.82) is 0 Å². The lowest BCUT2D eigenvalue weighted by Gasteiger charge is -2.36. The largest absolute Gasteiger partial charge is 0.207 e. The van der Waals surface area contributed by atoms with Gasteiger partial charge in [0.05, 0.1) is 0 Å². The average molecular weight is 376 g/mol. The van der Waals surface area contributed by atoms with Crippen molar-refractivity contribution in [2.24, 2.45) is 17.3 Å². The van der Waals surface area contributed by atoms with Crippen molar-refractivity contribution in [1.82, 2.24) is 0 Å². The van der Waals surface area contributed by atoms with Crippen LogP contribution >= 0.6 is 31.9 Å². The third-order valence-electron chi connectivity index (χ3n) is 4.92. The smallest absolute Gasteiger partial charge is 0.123 e. The molecule has 3 rings (SSSR count). The van der Waals surface area contributed by atoms with Crippen molar-refractivity contribution in [3.05, 3.63) is 34.1 Å². The highest BCUT2D eigenvalue weighted by Crippen LogP contribution is 2.58. The number of hydrogen-bond acceptors (Lipinski definition) is 0. The summed E-state index contributed by atoms with van der Waals surface area (Å²) < 4.78 is 14.5. The summed E-state index contributed by atoms with van der Waals surface area (Å²) in [5, 5.41) is 1.05. The van der Waals surface area contributed by atoms with Gasteiger partial charge in [0.15, 0.2) is 0 Å². The lowest BCUT2D eigenvalue weighted by Crippen LogP contribution is -2.32. The Morgan fingerprint density at radius 3 is 2.78 bits per heavy atom. The molecule has 0 spiro atoms. The molecule has 2 aliphatic carbocycles. The van der Waals surface area contributed by atoms with Gasteiger partial charge in [-0.25, -0.2) is 4.39 Å². The quantitative estimate of drug-likeness (QED) is 0.626. The predicted molar refractivity (Wildman–Crippen MR) is 79.5 cm³/mol. The van der Waals surface area contributed by atoms with Crippen LogP contribution in [0.5, 0.6) is 0 Å². The summed E-state index contributed by atoms with van der Waals surface area (Å²) in [5.74, 6) is 1.62. The van der Waals surface area contributed by atoms with Crippen LogP contribution < -0.4 is 0 Å². The minimum absolute atomic E-state index is 0.124. The summed E-state index contributed by atoms with van der Waals surface area (Å²) in [4.78, 5) is 0. The molecule has 3 heteroatoms. The Labute approximate surface area is 125 Å². The summed E-state index contributed by atoms with van der Waals surface area (Å²) in [6.07, 6.45) is 6.47. The second-order valence-corrected chi connectivity index (χ2v) is 7.40. The molecule has 18 heavy (non-hydrogen) atoms. The van der Waals surface area contributed by atoms with Crippen molar-refractivity contribution in [2.45, 2.75) is 32.1 Å². The van der Waals surface area contributed by atoms with Gasteiger partial charge in [-0.15, -0.1) is 0 Å². The minimum Gasteiger partial charge on any atom is -0.207 e. The molecule has 0 saturated heterocycles. The Hall–Kier alpha value is 0.110. The first kappa shape index (κ1) is 13.1. The van der Waals surface area contributed by atoms with Gasteiger partial charge in [-0.3, -0.25) is 0 Å². The first-order valence-corrected chi connectivity index (χ1v) is 8.54. The summed E-state index contributed by atoms with van der Waals surface area (Å²) in [6.45, 7) is 0. The van der Waals surface area contributed by atoms with E-state index in [1.54, 1.807) is 6.07 Å². The lowest BCUT2D eigenvalue weighted by molar-refractivity contribution is 0.196. The molecule has 2 saturated carbocycles. The van der Waals surface area contributed by atoms with Crippen molar-refractivity contribution >= 4 is 31.9 Å². The normalized spacial score (nSPS) is 34.2. The topological polar surface area (TPSA) is 0 Å². The molecule has 2 bridgehead atoms. The second kappa shape index (κ2) is 4.90. The van der Waals surface area contributed by atoms with Gasteiger partial charge >= 0.3 is 0 Å². The molecule has 1 aromatic rings. The molecule has 0 nitrogen and oxygen atoms in total. The average Bonchev–Trinajstić information content (AvgIpc) is 2.94. The van der Waals surface area contributed by atoms with E-state index in [1.807, 2.05) is 6.07 Å². The number of rotatable bonds is 3. The van der Waals surface area contributed by atoms with Gasteiger partial charge in [-0.1, -0.05) is 38.3 Å². The molecule has 0 N–H and O–H groups in total. The van der Waals surface area contributed by atoms with E-state index < -0.39 is 0 Å². The van der Waals surface area contributed by atoms with Gasteiger partial charge in [-0.05, 0) is 66.7 Å². The number of fused-ring (bicyclic) bond motifs is 2. The Balaban J connectivity index is 1.88. The van der Waals surface area contributed by atoms with E-state index >= 15 is 0 Å². The standard InChI is InChI=1S/C15H17Br2F/c16-9-15(7-10-1-2-12(15)5-10)8-11-6-13(18)3-4-14(11)17/h3-4,6,10,12H,1-2,5,7-9H2. The highest BCUT2D eigenvalue weighted by atomic mass is 79.9. The molecule has 2 aliphatic rings. The van der Waals surface area contributed by atoms with Crippen LogP contribution in [0.2, 0.25) is 0 Å². The molecule has 0 aromatic heterocycles. The zero-order chi connectivity index (χ0) is 12.8. The molecule has 2 fully saturated rings. The van der Waals surface area contributed by atoms with Crippen molar-refractivity contribution < 1.29 is 4.39 Å². The van der Waals surface area contributed by atoms with E-state index in [0.29, 0.717) is 5.41 Å².